The van der Waals surface area contributed by atoms with E-state index in [0.29, 0.717) is 37.7 Å². The number of likely N-dealkylation sites (tertiary alicyclic amines) is 1. The predicted octanol–water partition coefficient (Wildman–Crippen LogP) is 2.06. The van der Waals surface area contributed by atoms with Crippen molar-refractivity contribution in [3.63, 3.8) is 0 Å². The van der Waals surface area contributed by atoms with Gasteiger partial charge in [0.05, 0.1) is 25.7 Å². The fourth-order valence-corrected chi connectivity index (χ4v) is 3.42. The van der Waals surface area contributed by atoms with Crippen LogP contribution in [0.4, 0.5) is 10.6 Å². The van der Waals surface area contributed by atoms with E-state index in [1.807, 2.05) is 32.7 Å². The number of amides is 1. The maximum Gasteiger partial charge on any atom is 0.410 e. The summed E-state index contributed by atoms with van der Waals surface area (Å²) in [6, 6.07) is 2.02. The van der Waals surface area contributed by atoms with Crippen LogP contribution in [0.2, 0.25) is 0 Å². The standard InChI is InChI=1S/C19H32N4O6S/c1-19(2,3)29-18(24)23-9-7-15(8-10-23)22(4)17-13-16(14-20-21-17)27-11-6-12-28-30(5,25)26/h13-15H,6-12H2,1-5H3. The lowest BCUT2D eigenvalue weighted by Crippen LogP contribution is -2.47. The van der Waals surface area contributed by atoms with E-state index < -0.39 is 15.7 Å². The van der Waals surface area contributed by atoms with Gasteiger partial charge in [0.15, 0.2) is 5.82 Å². The smallest absolute Gasteiger partial charge is 0.410 e. The Hall–Kier alpha value is -2.14. The Labute approximate surface area is 178 Å². The zero-order valence-corrected chi connectivity index (χ0v) is 19.1. The lowest BCUT2D eigenvalue weighted by atomic mass is 10.0. The van der Waals surface area contributed by atoms with E-state index in [9.17, 15) is 13.2 Å². The summed E-state index contributed by atoms with van der Waals surface area (Å²) >= 11 is 0. The van der Waals surface area contributed by atoms with Crippen LogP contribution in [-0.2, 0) is 19.0 Å². The van der Waals surface area contributed by atoms with Crippen LogP contribution in [0, 0.1) is 0 Å². The summed E-state index contributed by atoms with van der Waals surface area (Å²) in [4.78, 5) is 16.0. The number of rotatable bonds is 8. The van der Waals surface area contributed by atoms with Gasteiger partial charge in [-0.25, -0.2) is 4.79 Å². The molecule has 0 aliphatic carbocycles. The van der Waals surface area contributed by atoms with Crippen molar-refractivity contribution in [3.05, 3.63) is 12.3 Å². The molecule has 2 rings (SSSR count). The second-order valence-electron chi connectivity index (χ2n) is 8.29. The zero-order valence-electron chi connectivity index (χ0n) is 18.3. The lowest BCUT2D eigenvalue weighted by molar-refractivity contribution is 0.0205. The highest BCUT2D eigenvalue weighted by Crippen LogP contribution is 2.24. The van der Waals surface area contributed by atoms with Gasteiger partial charge in [-0.3, -0.25) is 4.18 Å². The van der Waals surface area contributed by atoms with Gasteiger partial charge < -0.3 is 19.3 Å². The van der Waals surface area contributed by atoms with E-state index in [-0.39, 0.29) is 18.7 Å². The quantitative estimate of drug-likeness (QED) is 0.439. The molecule has 0 aromatic carbocycles. The molecule has 11 heteroatoms. The fourth-order valence-electron chi connectivity index (χ4n) is 3.00. The van der Waals surface area contributed by atoms with E-state index in [1.165, 1.54) is 6.20 Å². The number of aromatic nitrogens is 2. The summed E-state index contributed by atoms with van der Waals surface area (Å²) in [7, 11) is -1.49. The third-order valence-corrected chi connectivity index (χ3v) is 5.09. The van der Waals surface area contributed by atoms with Crippen LogP contribution in [0.3, 0.4) is 0 Å². The average Bonchev–Trinajstić information content (AvgIpc) is 2.65. The molecular weight excluding hydrogens is 412 g/mol. The Kier molecular flexibility index (Phi) is 8.25. The topological polar surface area (TPSA) is 111 Å². The summed E-state index contributed by atoms with van der Waals surface area (Å²) in [6.07, 6.45) is 4.28. The first-order chi connectivity index (χ1) is 13.9. The first-order valence-corrected chi connectivity index (χ1v) is 11.8. The second kappa shape index (κ2) is 10.3. The van der Waals surface area contributed by atoms with Gasteiger partial charge in [0.1, 0.15) is 11.4 Å². The molecule has 0 spiro atoms. The van der Waals surface area contributed by atoms with Crippen molar-refractivity contribution in [2.24, 2.45) is 0 Å². The fraction of sp³-hybridized carbons (Fsp3) is 0.737. The van der Waals surface area contributed by atoms with Crippen LogP contribution in [0.5, 0.6) is 5.75 Å². The van der Waals surface area contributed by atoms with Gasteiger partial charge in [0.2, 0.25) is 0 Å². The maximum absolute atomic E-state index is 12.2. The van der Waals surface area contributed by atoms with Crippen molar-refractivity contribution in [1.29, 1.82) is 0 Å². The largest absolute Gasteiger partial charge is 0.492 e. The Bertz CT molecular complexity index is 803. The minimum absolute atomic E-state index is 0.0698. The van der Waals surface area contributed by atoms with Crippen LogP contribution in [0.25, 0.3) is 0 Å². The van der Waals surface area contributed by atoms with E-state index in [0.717, 1.165) is 19.1 Å². The summed E-state index contributed by atoms with van der Waals surface area (Å²) < 4.78 is 37.6. The third-order valence-electron chi connectivity index (χ3n) is 4.50. The van der Waals surface area contributed by atoms with Crippen molar-refractivity contribution in [2.45, 2.75) is 51.7 Å². The number of carbonyl (C=O) groups is 1. The van der Waals surface area contributed by atoms with E-state index in [1.54, 1.807) is 11.0 Å². The molecule has 0 unspecified atom stereocenters. The molecule has 0 N–H and O–H groups in total. The normalized spacial score (nSPS) is 15.7. The molecule has 1 saturated heterocycles. The van der Waals surface area contributed by atoms with Crippen molar-refractivity contribution in [1.82, 2.24) is 15.1 Å². The highest BCUT2D eigenvalue weighted by atomic mass is 32.2. The number of anilines is 1. The van der Waals surface area contributed by atoms with Crippen LogP contribution in [-0.4, -0.2) is 80.9 Å². The van der Waals surface area contributed by atoms with Gasteiger partial charge in [-0.2, -0.15) is 13.5 Å². The molecule has 0 atom stereocenters. The Balaban J connectivity index is 1.82. The van der Waals surface area contributed by atoms with E-state index in [2.05, 4.69) is 14.4 Å². The molecule has 1 aromatic rings. The summed E-state index contributed by atoms with van der Waals surface area (Å²) in [5.41, 5.74) is -0.502. The van der Waals surface area contributed by atoms with Gasteiger partial charge >= 0.3 is 6.09 Å². The molecule has 0 saturated carbocycles. The zero-order chi connectivity index (χ0) is 22.4. The predicted molar refractivity (Wildman–Crippen MR) is 112 cm³/mol. The number of carbonyl (C=O) groups excluding carboxylic acids is 1. The van der Waals surface area contributed by atoms with Crippen molar-refractivity contribution in [2.75, 3.05) is 44.5 Å². The molecule has 10 nitrogen and oxygen atoms in total. The molecule has 30 heavy (non-hydrogen) atoms. The van der Waals surface area contributed by atoms with Gasteiger partial charge in [-0.05, 0) is 33.6 Å². The van der Waals surface area contributed by atoms with Crippen molar-refractivity contribution in [3.8, 4) is 5.75 Å². The first-order valence-electron chi connectivity index (χ1n) is 9.95. The number of piperidine rings is 1. The number of nitrogens with zero attached hydrogens (tertiary/aromatic N) is 4. The number of hydrogen-bond acceptors (Lipinski definition) is 9. The maximum atomic E-state index is 12.2. The Morgan fingerprint density at radius 2 is 1.93 bits per heavy atom. The van der Waals surface area contributed by atoms with Gasteiger partial charge in [-0.15, -0.1) is 5.10 Å². The average molecular weight is 445 g/mol. The minimum Gasteiger partial charge on any atom is -0.492 e. The van der Waals surface area contributed by atoms with Crippen LogP contribution < -0.4 is 9.64 Å². The van der Waals surface area contributed by atoms with E-state index in [4.69, 9.17) is 9.47 Å². The second-order valence-corrected chi connectivity index (χ2v) is 9.93. The van der Waals surface area contributed by atoms with Gasteiger partial charge in [-0.1, -0.05) is 0 Å². The van der Waals surface area contributed by atoms with Crippen LogP contribution >= 0.6 is 0 Å². The summed E-state index contributed by atoms with van der Waals surface area (Å²) in [5.74, 6) is 1.23. The Morgan fingerprint density at radius 1 is 1.27 bits per heavy atom. The van der Waals surface area contributed by atoms with Crippen molar-refractivity contribution < 1.29 is 26.9 Å². The SMILES string of the molecule is CN(c1cc(OCCCOS(C)(=O)=O)cnn1)C1CCN(C(=O)OC(C)(C)C)CC1. The van der Waals surface area contributed by atoms with Gasteiger partial charge in [0.25, 0.3) is 10.1 Å². The summed E-state index contributed by atoms with van der Waals surface area (Å²) in [5, 5.41) is 8.17. The molecule has 1 fully saturated rings. The van der Waals surface area contributed by atoms with Crippen molar-refractivity contribution >= 4 is 22.0 Å². The first kappa shape index (κ1) is 24.1. The van der Waals surface area contributed by atoms with E-state index >= 15 is 0 Å². The number of hydrogen-bond donors (Lipinski definition) is 0. The molecular formula is C19H32N4O6S. The Morgan fingerprint density at radius 3 is 2.53 bits per heavy atom. The molecule has 1 aliphatic heterocycles. The molecule has 1 aromatic heterocycles. The molecule has 0 bridgehead atoms. The van der Waals surface area contributed by atoms with Crippen LogP contribution in [0.1, 0.15) is 40.0 Å². The number of ether oxygens (including phenoxy) is 2. The molecule has 2 heterocycles. The highest BCUT2D eigenvalue weighted by molar-refractivity contribution is 7.85. The van der Waals surface area contributed by atoms with Crippen LogP contribution in [0.15, 0.2) is 12.3 Å². The lowest BCUT2D eigenvalue weighted by Gasteiger charge is -2.37. The summed E-state index contributed by atoms with van der Waals surface area (Å²) in [6.45, 7) is 7.19. The third kappa shape index (κ3) is 8.31. The minimum atomic E-state index is -3.44. The van der Waals surface area contributed by atoms with Gasteiger partial charge in [0, 0.05) is 38.7 Å². The monoisotopic (exact) mass is 444 g/mol. The molecule has 1 amide bonds. The molecule has 1 aliphatic rings. The molecule has 170 valence electrons. The highest BCUT2D eigenvalue weighted by Gasteiger charge is 2.29. The molecule has 0 radical (unpaired) electrons.